The number of hydrogen-bond donors (Lipinski definition) is 2. The summed E-state index contributed by atoms with van der Waals surface area (Å²) in [6.07, 6.45) is -1.17. The van der Waals surface area contributed by atoms with Gasteiger partial charge in [0.2, 0.25) is 0 Å². The third-order valence-electron chi connectivity index (χ3n) is 1.94. The van der Waals surface area contributed by atoms with Crippen LogP contribution in [0.5, 0.6) is 0 Å². The molecule has 0 unspecified atom stereocenters. The summed E-state index contributed by atoms with van der Waals surface area (Å²) in [5, 5.41) is 0. The van der Waals surface area contributed by atoms with Gasteiger partial charge in [-0.25, -0.2) is 9.21 Å². The Balaban J connectivity index is 3.15. The Morgan fingerprint density at radius 2 is 1.65 bits per heavy atom. The van der Waals surface area contributed by atoms with Crippen LogP contribution in [0.3, 0.4) is 0 Å². The number of hydrogen-bond acceptors (Lipinski definition) is 6. The van der Waals surface area contributed by atoms with E-state index in [1.807, 2.05) is 0 Å². The summed E-state index contributed by atoms with van der Waals surface area (Å²) >= 11 is 5.41. The SMILES string of the molecule is O=C1OCC(CS(=O)(=O)O)(CS(=O)(=O)O)N1Cl. The van der Waals surface area contributed by atoms with E-state index in [-0.39, 0.29) is 4.42 Å². The fourth-order valence-electron chi connectivity index (χ4n) is 1.42. The molecule has 1 heterocycles. The lowest BCUT2D eigenvalue weighted by molar-refractivity contribution is 0.169. The van der Waals surface area contributed by atoms with Crippen LogP contribution in [0.25, 0.3) is 0 Å². The highest BCUT2D eigenvalue weighted by Crippen LogP contribution is 2.29. The molecule has 0 aliphatic carbocycles. The summed E-state index contributed by atoms with van der Waals surface area (Å²) in [5.74, 6) is -2.34. The van der Waals surface area contributed by atoms with E-state index in [4.69, 9.17) is 20.9 Å². The molecule has 0 spiro atoms. The van der Waals surface area contributed by atoms with Crippen molar-refractivity contribution in [2.75, 3.05) is 18.1 Å². The first-order chi connectivity index (χ1) is 7.45. The van der Waals surface area contributed by atoms with E-state index in [2.05, 4.69) is 4.74 Å². The molecule has 1 amide bonds. The van der Waals surface area contributed by atoms with Gasteiger partial charge < -0.3 is 4.74 Å². The smallest absolute Gasteiger partial charge is 0.425 e. The van der Waals surface area contributed by atoms with Crippen molar-refractivity contribution in [3.05, 3.63) is 0 Å². The number of nitrogens with zero attached hydrogens (tertiary/aromatic N) is 1. The zero-order valence-electron chi connectivity index (χ0n) is 8.11. The van der Waals surface area contributed by atoms with Gasteiger partial charge in [0.1, 0.15) is 23.7 Å². The van der Waals surface area contributed by atoms with Crippen LogP contribution in [0.1, 0.15) is 0 Å². The normalized spacial score (nSPS) is 20.4. The average Bonchev–Trinajstić information content (AvgIpc) is 2.28. The number of cyclic esters (lactones) is 1. The highest BCUT2D eigenvalue weighted by Gasteiger charge is 2.52. The molecule has 0 atom stereocenters. The monoisotopic (exact) mass is 309 g/mol. The predicted octanol–water partition coefficient (Wildman–Crippen LogP) is -0.893. The fourth-order valence-corrected chi connectivity index (χ4v) is 3.90. The molecule has 9 nitrogen and oxygen atoms in total. The Morgan fingerprint density at radius 3 is 1.88 bits per heavy atom. The van der Waals surface area contributed by atoms with Crippen molar-refractivity contribution in [3.8, 4) is 0 Å². The number of ether oxygens (including phenoxy) is 1. The van der Waals surface area contributed by atoms with Gasteiger partial charge in [0.25, 0.3) is 20.2 Å². The maximum atomic E-state index is 11.0. The molecule has 1 aliphatic rings. The molecule has 17 heavy (non-hydrogen) atoms. The van der Waals surface area contributed by atoms with Crippen LogP contribution < -0.4 is 0 Å². The van der Waals surface area contributed by atoms with Crippen LogP contribution in [0.4, 0.5) is 4.79 Å². The zero-order valence-corrected chi connectivity index (χ0v) is 10.5. The highest BCUT2D eigenvalue weighted by molar-refractivity contribution is 7.86. The molecule has 1 rings (SSSR count). The maximum absolute atomic E-state index is 11.0. The van der Waals surface area contributed by atoms with Crippen LogP contribution in [0.15, 0.2) is 0 Å². The van der Waals surface area contributed by atoms with Gasteiger partial charge in [-0.1, -0.05) is 0 Å². The summed E-state index contributed by atoms with van der Waals surface area (Å²) in [6.45, 7) is -0.686. The van der Waals surface area contributed by atoms with Gasteiger partial charge in [-0.05, 0) is 0 Å². The summed E-state index contributed by atoms with van der Waals surface area (Å²) in [4.78, 5) is 11.0. The first-order valence-corrected chi connectivity index (χ1v) is 7.54. The van der Waals surface area contributed by atoms with Gasteiger partial charge in [-0.15, -0.1) is 0 Å². The Labute approximate surface area is 102 Å². The van der Waals surface area contributed by atoms with E-state index in [0.29, 0.717) is 0 Å². The lowest BCUT2D eigenvalue weighted by atomic mass is 10.1. The maximum Gasteiger partial charge on any atom is 0.425 e. The lowest BCUT2D eigenvalue weighted by Gasteiger charge is -2.27. The minimum atomic E-state index is -4.63. The van der Waals surface area contributed by atoms with Crippen molar-refractivity contribution >= 4 is 38.1 Å². The minimum absolute atomic E-state index is 0.203. The standard InChI is InChI=1S/C5H8ClNO8S2/c6-7-4(8)15-1-5(7,2-16(9,10)11)3-17(12,13)14/h1-3H2,(H,9,10,11)(H,12,13,14). The summed E-state index contributed by atoms with van der Waals surface area (Å²) in [7, 11) is -9.26. The molecule has 1 saturated heterocycles. The second-order valence-corrected chi connectivity index (χ2v) is 6.76. The first-order valence-electron chi connectivity index (χ1n) is 3.98. The van der Waals surface area contributed by atoms with Crippen LogP contribution >= 0.6 is 11.8 Å². The topological polar surface area (TPSA) is 138 Å². The highest BCUT2D eigenvalue weighted by atomic mass is 35.5. The van der Waals surface area contributed by atoms with Crippen molar-refractivity contribution in [2.24, 2.45) is 0 Å². The molecule has 0 aromatic carbocycles. The number of carbonyl (C=O) groups excluding carboxylic acids is 1. The van der Waals surface area contributed by atoms with Crippen molar-refractivity contribution in [1.82, 2.24) is 4.42 Å². The Morgan fingerprint density at radius 1 is 1.24 bits per heavy atom. The van der Waals surface area contributed by atoms with Gasteiger partial charge in [-0.3, -0.25) is 9.11 Å². The molecule has 0 radical (unpaired) electrons. The minimum Gasteiger partial charge on any atom is -0.446 e. The van der Waals surface area contributed by atoms with Crippen LogP contribution in [-0.4, -0.2) is 60.1 Å². The van der Waals surface area contributed by atoms with Gasteiger partial charge in [-0.2, -0.15) is 16.8 Å². The molecule has 0 bridgehead atoms. The average molecular weight is 310 g/mol. The second-order valence-electron chi connectivity index (χ2n) is 3.51. The largest absolute Gasteiger partial charge is 0.446 e. The summed E-state index contributed by atoms with van der Waals surface area (Å²) in [6, 6.07) is 0. The molecule has 2 N–H and O–H groups in total. The van der Waals surface area contributed by atoms with E-state index in [1.165, 1.54) is 0 Å². The molecule has 0 aromatic rings. The molecular weight excluding hydrogens is 302 g/mol. The first kappa shape index (κ1) is 14.4. The Kier molecular flexibility index (Phi) is 3.60. The van der Waals surface area contributed by atoms with E-state index < -0.39 is 50.0 Å². The lowest BCUT2D eigenvalue weighted by Crippen LogP contribution is -2.52. The number of carbonyl (C=O) groups is 1. The zero-order chi connectivity index (χ0) is 13.5. The Bertz CT molecular complexity index is 490. The van der Waals surface area contributed by atoms with Gasteiger partial charge >= 0.3 is 6.09 Å². The molecule has 100 valence electrons. The van der Waals surface area contributed by atoms with Crippen molar-refractivity contribution in [2.45, 2.75) is 5.54 Å². The van der Waals surface area contributed by atoms with Gasteiger partial charge in [0.05, 0.1) is 0 Å². The molecule has 12 heteroatoms. The van der Waals surface area contributed by atoms with Crippen LogP contribution in [-0.2, 0) is 25.0 Å². The van der Waals surface area contributed by atoms with Gasteiger partial charge in [0.15, 0.2) is 0 Å². The molecular formula is C5H8ClNO8S2. The number of rotatable bonds is 4. The van der Waals surface area contributed by atoms with Crippen LogP contribution in [0, 0.1) is 0 Å². The van der Waals surface area contributed by atoms with Crippen LogP contribution in [0.2, 0.25) is 0 Å². The fraction of sp³-hybridized carbons (Fsp3) is 0.800. The third kappa shape index (κ3) is 3.67. The van der Waals surface area contributed by atoms with E-state index in [9.17, 15) is 21.6 Å². The molecule has 1 fully saturated rings. The quantitative estimate of drug-likeness (QED) is 0.503. The molecule has 0 saturated carbocycles. The Hall–Kier alpha value is -0.620. The number of halogens is 1. The third-order valence-corrected chi connectivity index (χ3v) is 4.24. The summed E-state index contributed by atoms with van der Waals surface area (Å²) in [5.41, 5.74) is -2.06. The molecule has 1 aliphatic heterocycles. The second kappa shape index (κ2) is 4.24. The van der Waals surface area contributed by atoms with Gasteiger partial charge in [0, 0.05) is 11.8 Å². The summed E-state index contributed by atoms with van der Waals surface area (Å²) < 4.78 is 65.0. The predicted molar refractivity (Wildman–Crippen MR) is 54.6 cm³/mol. The van der Waals surface area contributed by atoms with Crippen molar-refractivity contribution < 1.29 is 35.5 Å². The van der Waals surface area contributed by atoms with E-state index in [1.54, 1.807) is 0 Å². The van der Waals surface area contributed by atoms with Crippen molar-refractivity contribution in [3.63, 3.8) is 0 Å². The molecule has 0 aromatic heterocycles. The van der Waals surface area contributed by atoms with E-state index in [0.717, 1.165) is 0 Å². The van der Waals surface area contributed by atoms with Crippen molar-refractivity contribution in [1.29, 1.82) is 0 Å². The van der Waals surface area contributed by atoms with E-state index >= 15 is 0 Å². The number of amides is 1.